The molecule has 0 saturated carbocycles. The van der Waals surface area contributed by atoms with Crippen molar-refractivity contribution in [3.63, 3.8) is 0 Å². The summed E-state index contributed by atoms with van der Waals surface area (Å²) < 4.78 is 23.0. The SMILES string of the molecule is CN(C)SN1CC(C)(CNc2nonc2C(=NC2=CC(Br)=C(F)CC2)NO)C1. The number of amidine groups is 1. The number of anilines is 1. The van der Waals surface area contributed by atoms with Gasteiger partial charge in [0, 0.05) is 49.3 Å². The van der Waals surface area contributed by atoms with E-state index in [2.05, 4.69) is 52.1 Å². The fourth-order valence-corrected chi connectivity index (χ4v) is 4.64. The van der Waals surface area contributed by atoms with E-state index in [0.717, 1.165) is 13.1 Å². The summed E-state index contributed by atoms with van der Waals surface area (Å²) in [5.74, 6) is 0.247. The molecule has 0 aromatic carbocycles. The van der Waals surface area contributed by atoms with Crippen LogP contribution in [0.3, 0.4) is 0 Å². The Morgan fingerprint density at radius 3 is 2.86 bits per heavy atom. The van der Waals surface area contributed by atoms with Crippen molar-refractivity contribution in [3.05, 3.63) is 27.8 Å². The van der Waals surface area contributed by atoms with E-state index >= 15 is 0 Å². The minimum Gasteiger partial charge on any atom is -0.365 e. The topological polar surface area (TPSA) is 102 Å². The first kappa shape index (κ1) is 21.2. The van der Waals surface area contributed by atoms with Crippen molar-refractivity contribution in [2.24, 2.45) is 10.4 Å². The molecule has 2 aliphatic rings. The van der Waals surface area contributed by atoms with Gasteiger partial charge in [-0.25, -0.2) is 22.6 Å². The molecular formula is C16H23BrFN7O2S. The lowest BCUT2D eigenvalue weighted by Crippen LogP contribution is -2.55. The average molecular weight is 476 g/mol. The molecule has 1 aliphatic heterocycles. The van der Waals surface area contributed by atoms with Crippen LogP contribution >= 0.6 is 28.1 Å². The van der Waals surface area contributed by atoms with Gasteiger partial charge in [-0.1, -0.05) is 6.92 Å². The highest BCUT2D eigenvalue weighted by atomic mass is 79.9. The van der Waals surface area contributed by atoms with Crippen molar-refractivity contribution in [1.82, 2.24) is 24.4 Å². The minimum atomic E-state index is -0.224. The van der Waals surface area contributed by atoms with Crippen molar-refractivity contribution < 1.29 is 14.2 Å². The number of nitrogens with one attached hydrogen (secondary N) is 2. The number of hydrogen-bond acceptors (Lipinski definition) is 9. The van der Waals surface area contributed by atoms with Gasteiger partial charge < -0.3 is 5.32 Å². The highest BCUT2D eigenvalue weighted by molar-refractivity contribution is 9.11. The van der Waals surface area contributed by atoms with Gasteiger partial charge in [-0.05, 0) is 52.8 Å². The van der Waals surface area contributed by atoms with Gasteiger partial charge in [-0.15, -0.1) is 0 Å². The van der Waals surface area contributed by atoms with Crippen LogP contribution in [0.25, 0.3) is 0 Å². The van der Waals surface area contributed by atoms with E-state index in [9.17, 15) is 9.60 Å². The summed E-state index contributed by atoms with van der Waals surface area (Å²) in [6.45, 7) is 4.72. The van der Waals surface area contributed by atoms with E-state index < -0.39 is 0 Å². The van der Waals surface area contributed by atoms with E-state index in [-0.39, 0.29) is 29.2 Å². The first-order valence-electron chi connectivity index (χ1n) is 8.70. The zero-order valence-corrected chi connectivity index (χ0v) is 18.3. The van der Waals surface area contributed by atoms with Crippen LogP contribution in [-0.2, 0) is 0 Å². The van der Waals surface area contributed by atoms with Crippen LogP contribution in [0.2, 0.25) is 0 Å². The Labute approximate surface area is 175 Å². The molecule has 0 spiro atoms. The van der Waals surface area contributed by atoms with Crippen molar-refractivity contribution in [3.8, 4) is 0 Å². The summed E-state index contributed by atoms with van der Waals surface area (Å²) in [6.07, 6.45) is 2.23. The van der Waals surface area contributed by atoms with E-state index in [0.29, 0.717) is 29.0 Å². The molecule has 1 aliphatic carbocycles. The predicted octanol–water partition coefficient (Wildman–Crippen LogP) is 2.91. The van der Waals surface area contributed by atoms with Crippen LogP contribution in [0, 0.1) is 5.41 Å². The summed E-state index contributed by atoms with van der Waals surface area (Å²) in [5.41, 5.74) is 2.98. The lowest BCUT2D eigenvalue weighted by Gasteiger charge is -2.47. The molecule has 1 fully saturated rings. The minimum absolute atomic E-state index is 0.0844. The molecule has 1 aromatic heterocycles. The Morgan fingerprint density at radius 1 is 1.46 bits per heavy atom. The van der Waals surface area contributed by atoms with Gasteiger partial charge in [0.15, 0.2) is 11.5 Å². The van der Waals surface area contributed by atoms with Gasteiger partial charge in [-0.2, -0.15) is 0 Å². The molecule has 0 amide bonds. The quantitative estimate of drug-likeness (QED) is 0.237. The van der Waals surface area contributed by atoms with E-state index in [1.165, 1.54) is 0 Å². The molecule has 0 unspecified atom stereocenters. The zero-order chi connectivity index (χ0) is 20.3. The van der Waals surface area contributed by atoms with E-state index in [1.807, 2.05) is 19.6 Å². The molecule has 1 saturated heterocycles. The highest BCUT2D eigenvalue weighted by Gasteiger charge is 2.39. The molecule has 12 heteroatoms. The van der Waals surface area contributed by atoms with Gasteiger partial charge in [0.1, 0.15) is 5.83 Å². The fraction of sp³-hybridized carbons (Fsp3) is 0.562. The van der Waals surface area contributed by atoms with Crippen molar-refractivity contribution in [2.75, 3.05) is 39.0 Å². The number of halogens is 2. The average Bonchev–Trinajstić information content (AvgIpc) is 3.07. The number of hydroxylamine groups is 1. The Kier molecular flexibility index (Phi) is 6.76. The van der Waals surface area contributed by atoms with Crippen molar-refractivity contribution >= 4 is 39.7 Å². The van der Waals surface area contributed by atoms with Crippen LogP contribution in [-0.4, -0.2) is 63.7 Å². The van der Waals surface area contributed by atoms with E-state index in [1.54, 1.807) is 18.2 Å². The molecule has 9 nitrogen and oxygen atoms in total. The second-order valence-electron chi connectivity index (χ2n) is 7.28. The summed E-state index contributed by atoms with van der Waals surface area (Å²) in [5, 5.41) is 20.5. The highest BCUT2D eigenvalue weighted by Crippen LogP contribution is 2.35. The summed E-state index contributed by atoms with van der Waals surface area (Å²) in [7, 11) is 4.03. The maximum atomic E-state index is 13.5. The van der Waals surface area contributed by atoms with Crippen LogP contribution in [0.4, 0.5) is 10.2 Å². The first-order chi connectivity index (χ1) is 13.3. The second kappa shape index (κ2) is 8.91. The molecular weight excluding hydrogens is 453 g/mol. The summed E-state index contributed by atoms with van der Waals surface area (Å²) >= 11 is 4.85. The van der Waals surface area contributed by atoms with E-state index in [4.69, 9.17) is 4.63 Å². The predicted molar refractivity (Wildman–Crippen MR) is 110 cm³/mol. The standard InChI is InChI=1S/C16H23BrFN7O2S/c1-16(8-25(9-16)28-24(2)3)7-19-14-13(22-27-23-14)15(21-26)20-10-4-5-12(18)11(17)6-10/h6,26H,4-5,7-9H2,1-3H3,(H,19,23)(H,20,21). The molecule has 3 rings (SSSR count). The number of hydrogen-bond donors (Lipinski definition) is 3. The third kappa shape index (κ3) is 5.11. The molecule has 0 radical (unpaired) electrons. The third-order valence-corrected chi connectivity index (χ3v) is 5.78. The smallest absolute Gasteiger partial charge is 0.202 e. The second-order valence-corrected chi connectivity index (χ2v) is 9.54. The van der Waals surface area contributed by atoms with Crippen molar-refractivity contribution in [1.29, 1.82) is 0 Å². The van der Waals surface area contributed by atoms with Crippen LogP contribution < -0.4 is 10.8 Å². The van der Waals surface area contributed by atoms with Gasteiger partial charge in [0.2, 0.25) is 5.82 Å². The molecule has 0 atom stereocenters. The molecule has 28 heavy (non-hydrogen) atoms. The van der Waals surface area contributed by atoms with Crippen LogP contribution in [0.1, 0.15) is 25.5 Å². The molecule has 1 aromatic rings. The number of allylic oxidation sites excluding steroid dienone is 4. The Balaban J connectivity index is 1.66. The number of nitrogens with zero attached hydrogens (tertiary/aromatic N) is 5. The largest absolute Gasteiger partial charge is 0.365 e. The van der Waals surface area contributed by atoms with Gasteiger partial charge >= 0.3 is 0 Å². The molecule has 3 N–H and O–H groups in total. The van der Waals surface area contributed by atoms with Gasteiger partial charge in [0.05, 0.1) is 4.48 Å². The Hall–Kier alpha value is -1.47. The Bertz CT molecular complexity index is 805. The number of rotatable bonds is 7. The lowest BCUT2D eigenvalue weighted by atomic mass is 9.84. The normalized spacial score (nSPS) is 20.2. The lowest BCUT2D eigenvalue weighted by molar-refractivity contribution is 0.113. The fourth-order valence-electron chi connectivity index (χ4n) is 2.98. The summed E-state index contributed by atoms with van der Waals surface area (Å²) in [6, 6.07) is 0. The number of aromatic nitrogens is 2. The molecule has 2 heterocycles. The number of aliphatic imine (C=N–C) groups is 1. The Morgan fingerprint density at radius 2 is 2.21 bits per heavy atom. The maximum absolute atomic E-state index is 13.5. The first-order valence-corrected chi connectivity index (χ1v) is 10.2. The third-order valence-electron chi connectivity index (χ3n) is 4.30. The molecule has 0 bridgehead atoms. The van der Waals surface area contributed by atoms with Gasteiger partial charge in [0.25, 0.3) is 0 Å². The van der Waals surface area contributed by atoms with Crippen LogP contribution in [0.5, 0.6) is 0 Å². The summed E-state index contributed by atoms with van der Waals surface area (Å²) in [4.78, 5) is 4.33. The van der Waals surface area contributed by atoms with Gasteiger partial charge in [-0.3, -0.25) is 10.7 Å². The van der Waals surface area contributed by atoms with Crippen molar-refractivity contribution in [2.45, 2.75) is 19.8 Å². The zero-order valence-electron chi connectivity index (χ0n) is 15.9. The van der Waals surface area contributed by atoms with Crippen LogP contribution in [0.15, 0.2) is 31.7 Å². The molecule has 154 valence electrons. The maximum Gasteiger partial charge on any atom is 0.202 e. The monoisotopic (exact) mass is 475 g/mol.